The Morgan fingerprint density at radius 2 is 2.05 bits per heavy atom. The highest BCUT2D eigenvalue weighted by molar-refractivity contribution is 5.96. The molecule has 3 N–H and O–H groups in total. The van der Waals surface area contributed by atoms with Crippen LogP contribution in [-0.2, 0) is 20.8 Å². The summed E-state index contributed by atoms with van der Waals surface area (Å²) in [5, 5.41) is 11.6. The van der Waals surface area contributed by atoms with Crippen LogP contribution in [0, 0.1) is 0 Å². The Morgan fingerprint density at radius 3 is 2.79 bits per heavy atom. The molecule has 0 saturated heterocycles. The van der Waals surface area contributed by atoms with Gasteiger partial charge in [-0.05, 0) is 6.07 Å². The van der Waals surface area contributed by atoms with E-state index in [-0.39, 0.29) is 5.84 Å². The number of methoxy groups -OCH3 is 1. The number of oxime groups is 1. The first-order valence-electron chi connectivity index (χ1n) is 5.85. The molecular formula is C12H19N3O4. The van der Waals surface area contributed by atoms with Crippen LogP contribution in [-0.4, -0.2) is 49.6 Å². The third kappa shape index (κ3) is 5.64. The van der Waals surface area contributed by atoms with Crippen LogP contribution in [0.1, 0.15) is 11.3 Å². The van der Waals surface area contributed by atoms with E-state index in [0.717, 1.165) is 5.56 Å². The fraction of sp³-hybridized carbons (Fsp3) is 0.500. The third-order valence-electron chi connectivity index (χ3n) is 2.30. The Morgan fingerprint density at radius 1 is 1.32 bits per heavy atom. The topological polar surface area (TPSA) is 99.2 Å². The predicted octanol–water partition coefficient (Wildman–Crippen LogP) is 0.356. The molecule has 0 fully saturated rings. The van der Waals surface area contributed by atoms with Crippen molar-refractivity contribution in [2.75, 3.05) is 33.5 Å². The lowest BCUT2D eigenvalue weighted by atomic mass is 10.2. The van der Waals surface area contributed by atoms with Gasteiger partial charge in [0.1, 0.15) is 5.69 Å². The summed E-state index contributed by atoms with van der Waals surface area (Å²) in [4.78, 5) is 4.05. The number of amidine groups is 1. The smallest absolute Gasteiger partial charge is 0.189 e. The first kappa shape index (κ1) is 15.4. The molecule has 19 heavy (non-hydrogen) atoms. The van der Waals surface area contributed by atoms with Crippen LogP contribution in [0.25, 0.3) is 0 Å². The SMILES string of the molecule is COCCOCCOCc1cccnc1/C(N)=N/O. The number of ether oxygens (including phenoxy) is 3. The van der Waals surface area contributed by atoms with Crippen molar-refractivity contribution >= 4 is 5.84 Å². The van der Waals surface area contributed by atoms with E-state index in [1.54, 1.807) is 19.4 Å². The van der Waals surface area contributed by atoms with E-state index in [4.69, 9.17) is 25.2 Å². The highest BCUT2D eigenvalue weighted by Gasteiger charge is 2.07. The van der Waals surface area contributed by atoms with E-state index in [2.05, 4.69) is 10.1 Å². The summed E-state index contributed by atoms with van der Waals surface area (Å²) in [6, 6.07) is 3.58. The molecule has 106 valence electrons. The molecule has 0 amide bonds. The van der Waals surface area contributed by atoms with Crippen molar-refractivity contribution in [2.45, 2.75) is 6.61 Å². The number of nitrogens with two attached hydrogens (primary N) is 1. The van der Waals surface area contributed by atoms with Crippen molar-refractivity contribution in [1.82, 2.24) is 4.98 Å². The van der Waals surface area contributed by atoms with Gasteiger partial charge in [-0.1, -0.05) is 11.2 Å². The van der Waals surface area contributed by atoms with Gasteiger partial charge in [-0.2, -0.15) is 0 Å². The lowest BCUT2D eigenvalue weighted by Crippen LogP contribution is -2.18. The standard InChI is InChI=1S/C12H19N3O4/c1-17-5-6-18-7-8-19-9-10-3-2-4-14-11(10)12(13)15-16/h2-4,16H,5-9H2,1H3,(H2,13,15). The molecule has 1 rings (SSSR count). The van der Waals surface area contributed by atoms with Crippen molar-refractivity contribution < 1.29 is 19.4 Å². The number of nitrogens with zero attached hydrogens (tertiary/aromatic N) is 2. The van der Waals surface area contributed by atoms with Gasteiger partial charge in [0.05, 0.1) is 33.0 Å². The van der Waals surface area contributed by atoms with E-state index in [1.807, 2.05) is 6.07 Å². The summed E-state index contributed by atoms with van der Waals surface area (Å²) in [6.07, 6.45) is 1.57. The van der Waals surface area contributed by atoms with Crippen LogP contribution >= 0.6 is 0 Å². The van der Waals surface area contributed by atoms with Gasteiger partial charge < -0.3 is 25.2 Å². The Labute approximate surface area is 112 Å². The second-order valence-electron chi connectivity index (χ2n) is 3.65. The molecule has 1 aromatic rings. The Balaban J connectivity index is 2.33. The molecular weight excluding hydrogens is 250 g/mol. The zero-order chi connectivity index (χ0) is 13.9. The average Bonchev–Trinajstić information content (AvgIpc) is 2.46. The van der Waals surface area contributed by atoms with Crippen molar-refractivity contribution in [1.29, 1.82) is 0 Å². The molecule has 1 heterocycles. The molecule has 0 spiro atoms. The molecule has 0 aromatic carbocycles. The monoisotopic (exact) mass is 269 g/mol. The number of hydrogen-bond donors (Lipinski definition) is 2. The van der Waals surface area contributed by atoms with E-state index in [9.17, 15) is 0 Å². The summed E-state index contributed by atoms with van der Waals surface area (Å²) in [5.74, 6) is -0.0319. The number of hydrogen-bond acceptors (Lipinski definition) is 6. The Bertz CT molecular complexity index is 398. The van der Waals surface area contributed by atoms with Gasteiger partial charge in [0.15, 0.2) is 5.84 Å². The molecule has 0 aliphatic carbocycles. The summed E-state index contributed by atoms with van der Waals surface area (Å²) in [5.41, 5.74) is 6.70. The lowest BCUT2D eigenvalue weighted by Gasteiger charge is -2.08. The minimum atomic E-state index is -0.0319. The predicted molar refractivity (Wildman–Crippen MR) is 69.1 cm³/mol. The fourth-order valence-electron chi connectivity index (χ4n) is 1.38. The van der Waals surface area contributed by atoms with Crippen molar-refractivity contribution in [3.63, 3.8) is 0 Å². The zero-order valence-electron chi connectivity index (χ0n) is 10.9. The van der Waals surface area contributed by atoms with Crippen molar-refractivity contribution in [3.8, 4) is 0 Å². The molecule has 1 aromatic heterocycles. The molecule has 0 radical (unpaired) electrons. The molecule has 0 unspecified atom stereocenters. The van der Waals surface area contributed by atoms with Crippen LogP contribution < -0.4 is 5.73 Å². The molecule has 0 aliphatic heterocycles. The first-order valence-corrected chi connectivity index (χ1v) is 5.85. The largest absolute Gasteiger partial charge is 0.409 e. The lowest BCUT2D eigenvalue weighted by molar-refractivity contribution is 0.0199. The summed E-state index contributed by atoms with van der Waals surface area (Å²) < 4.78 is 15.5. The fourth-order valence-corrected chi connectivity index (χ4v) is 1.38. The maximum absolute atomic E-state index is 8.66. The van der Waals surface area contributed by atoms with E-state index in [0.29, 0.717) is 38.7 Å². The average molecular weight is 269 g/mol. The van der Waals surface area contributed by atoms with E-state index >= 15 is 0 Å². The molecule has 0 bridgehead atoms. The van der Waals surface area contributed by atoms with E-state index in [1.165, 1.54) is 0 Å². The molecule has 0 atom stereocenters. The zero-order valence-corrected chi connectivity index (χ0v) is 10.9. The minimum absolute atomic E-state index is 0.0319. The summed E-state index contributed by atoms with van der Waals surface area (Å²) in [6.45, 7) is 2.38. The van der Waals surface area contributed by atoms with Gasteiger partial charge >= 0.3 is 0 Å². The van der Waals surface area contributed by atoms with Crippen molar-refractivity contribution in [2.24, 2.45) is 10.9 Å². The molecule has 7 heteroatoms. The minimum Gasteiger partial charge on any atom is -0.409 e. The van der Waals surface area contributed by atoms with Crippen LogP contribution in [0.15, 0.2) is 23.5 Å². The summed E-state index contributed by atoms with van der Waals surface area (Å²) in [7, 11) is 1.62. The first-order chi connectivity index (χ1) is 9.29. The van der Waals surface area contributed by atoms with Crippen molar-refractivity contribution in [3.05, 3.63) is 29.6 Å². The van der Waals surface area contributed by atoms with Crippen LogP contribution in [0.5, 0.6) is 0 Å². The quantitative estimate of drug-likeness (QED) is 0.221. The second-order valence-corrected chi connectivity index (χ2v) is 3.65. The number of pyridine rings is 1. The normalized spacial score (nSPS) is 11.7. The highest BCUT2D eigenvalue weighted by atomic mass is 16.5. The van der Waals surface area contributed by atoms with E-state index < -0.39 is 0 Å². The second kappa shape index (κ2) is 9.26. The van der Waals surface area contributed by atoms with Crippen LogP contribution in [0.2, 0.25) is 0 Å². The number of aromatic nitrogens is 1. The highest BCUT2D eigenvalue weighted by Crippen LogP contribution is 2.06. The number of rotatable bonds is 9. The van der Waals surface area contributed by atoms with Gasteiger partial charge in [-0.3, -0.25) is 4.98 Å². The Hall–Kier alpha value is -1.70. The van der Waals surface area contributed by atoms with Gasteiger partial charge in [0.2, 0.25) is 0 Å². The molecule has 0 aliphatic rings. The van der Waals surface area contributed by atoms with Gasteiger partial charge in [-0.25, -0.2) is 0 Å². The Kier molecular flexibility index (Phi) is 7.48. The molecule has 7 nitrogen and oxygen atoms in total. The van der Waals surface area contributed by atoms with Gasteiger partial charge in [0.25, 0.3) is 0 Å². The van der Waals surface area contributed by atoms with Gasteiger partial charge in [0, 0.05) is 18.9 Å². The van der Waals surface area contributed by atoms with Crippen LogP contribution in [0.4, 0.5) is 0 Å². The third-order valence-corrected chi connectivity index (χ3v) is 2.30. The van der Waals surface area contributed by atoms with Gasteiger partial charge in [-0.15, -0.1) is 0 Å². The molecule has 0 saturated carbocycles. The maximum Gasteiger partial charge on any atom is 0.189 e. The van der Waals surface area contributed by atoms with Crippen LogP contribution in [0.3, 0.4) is 0 Å². The maximum atomic E-state index is 8.66. The summed E-state index contributed by atoms with van der Waals surface area (Å²) >= 11 is 0.